The maximum Gasteiger partial charge on any atom is 0.205 e. The van der Waals surface area contributed by atoms with Crippen molar-refractivity contribution in [3.8, 4) is 0 Å². The maximum atomic E-state index is 4.21. The maximum absolute atomic E-state index is 4.21. The fraction of sp³-hybridized carbons (Fsp3) is 0.846. The van der Waals surface area contributed by atoms with Crippen LogP contribution in [-0.2, 0) is 6.42 Å². The molecule has 3 nitrogen and oxygen atoms in total. The van der Waals surface area contributed by atoms with Crippen molar-refractivity contribution in [2.45, 2.75) is 64.8 Å². The van der Waals surface area contributed by atoms with Gasteiger partial charge in [0.25, 0.3) is 0 Å². The van der Waals surface area contributed by atoms with Gasteiger partial charge in [-0.3, -0.25) is 0 Å². The fourth-order valence-electron chi connectivity index (χ4n) is 2.56. The minimum Gasteiger partial charge on any atom is -0.357 e. The normalized spacial score (nSPS) is 25.5. The van der Waals surface area contributed by atoms with Crippen molar-refractivity contribution in [1.29, 1.82) is 0 Å². The number of nitrogens with zero attached hydrogens (tertiary/aromatic N) is 2. The van der Waals surface area contributed by atoms with Crippen molar-refractivity contribution in [1.82, 2.24) is 10.2 Å². The summed E-state index contributed by atoms with van der Waals surface area (Å²) in [6.07, 6.45) is 9.04. The molecule has 96 valence electrons. The molecule has 1 aliphatic rings. The Balaban J connectivity index is 1.86. The zero-order valence-electron chi connectivity index (χ0n) is 10.9. The molecule has 1 N–H and O–H groups in total. The summed E-state index contributed by atoms with van der Waals surface area (Å²) >= 11 is 1.71. The van der Waals surface area contributed by atoms with E-state index < -0.39 is 0 Å². The average Bonchev–Trinajstić information content (AvgIpc) is 2.68. The summed E-state index contributed by atoms with van der Waals surface area (Å²) in [7, 11) is 0. The Hall–Kier alpha value is -0.640. The van der Waals surface area contributed by atoms with Gasteiger partial charge in [0.15, 0.2) is 0 Å². The molecule has 2 unspecified atom stereocenters. The zero-order valence-corrected chi connectivity index (χ0v) is 11.7. The number of nitrogens with one attached hydrogen (secondary N) is 1. The third-order valence-corrected chi connectivity index (χ3v) is 4.76. The summed E-state index contributed by atoms with van der Waals surface area (Å²) < 4.78 is 0. The van der Waals surface area contributed by atoms with E-state index in [-0.39, 0.29) is 0 Å². The van der Waals surface area contributed by atoms with Gasteiger partial charge >= 0.3 is 0 Å². The van der Waals surface area contributed by atoms with Crippen LogP contribution in [0, 0.1) is 5.92 Å². The zero-order chi connectivity index (χ0) is 12.1. The lowest BCUT2D eigenvalue weighted by Crippen LogP contribution is -2.18. The summed E-state index contributed by atoms with van der Waals surface area (Å²) in [4.78, 5) is 0. The fourth-order valence-corrected chi connectivity index (χ4v) is 3.32. The summed E-state index contributed by atoms with van der Waals surface area (Å²) in [5, 5.41) is 14.1. The Morgan fingerprint density at radius 2 is 2.06 bits per heavy atom. The molecular weight excluding hydrogens is 230 g/mol. The Morgan fingerprint density at radius 3 is 2.76 bits per heavy atom. The SMILES string of the molecule is CCc1nnc(NC2CCCC(CC)CC2)s1. The van der Waals surface area contributed by atoms with Gasteiger partial charge in [-0.05, 0) is 31.6 Å². The van der Waals surface area contributed by atoms with E-state index in [1.165, 1.54) is 38.5 Å². The lowest BCUT2D eigenvalue weighted by atomic mass is 9.98. The summed E-state index contributed by atoms with van der Waals surface area (Å²) in [5.74, 6) is 0.947. The molecule has 0 spiro atoms. The smallest absolute Gasteiger partial charge is 0.205 e. The van der Waals surface area contributed by atoms with Crippen LogP contribution in [0.25, 0.3) is 0 Å². The van der Waals surface area contributed by atoms with Gasteiger partial charge in [-0.25, -0.2) is 0 Å². The van der Waals surface area contributed by atoms with E-state index in [4.69, 9.17) is 0 Å². The van der Waals surface area contributed by atoms with Crippen LogP contribution in [0.4, 0.5) is 5.13 Å². The topological polar surface area (TPSA) is 37.8 Å². The van der Waals surface area contributed by atoms with Crippen LogP contribution in [0.3, 0.4) is 0 Å². The predicted octanol–water partition coefficient (Wildman–Crippen LogP) is 3.87. The molecule has 2 atom stereocenters. The number of hydrogen-bond donors (Lipinski definition) is 1. The Bertz CT molecular complexity index is 337. The van der Waals surface area contributed by atoms with Crippen LogP contribution >= 0.6 is 11.3 Å². The predicted molar refractivity (Wildman–Crippen MR) is 73.6 cm³/mol. The van der Waals surface area contributed by atoms with Crippen molar-refractivity contribution in [3.63, 3.8) is 0 Å². The summed E-state index contributed by atoms with van der Waals surface area (Å²) in [6.45, 7) is 4.44. The third kappa shape index (κ3) is 3.66. The van der Waals surface area contributed by atoms with Crippen molar-refractivity contribution >= 4 is 16.5 Å². The second-order valence-corrected chi connectivity index (χ2v) is 6.04. The lowest BCUT2D eigenvalue weighted by Gasteiger charge is -2.15. The van der Waals surface area contributed by atoms with Crippen LogP contribution in [-0.4, -0.2) is 16.2 Å². The Morgan fingerprint density at radius 1 is 1.18 bits per heavy atom. The van der Waals surface area contributed by atoms with Gasteiger partial charge in [-0.15, -0.1) is 10.2 Å². The highest BCUT2D eigenvalue weighted by molar-refractivity contribution is 7.15. The molecule has 1 heterocycles. The second-order valence-electron chi connectivity index (χ2n) is 4.98. The monoisotopic (exact) mass is 253 g/mol. The minimum absolute atomic E-state index is 0.615. The van der Waals surface area contributed by atoms with Gasteiger partial charge in [0.2, 0.25) is 5.13 Å². The van der Waals surface area contributed by atoms with Gasteiger partial charge in [-0.2, -0.15) is 0 Å². The molecule has 0 radical (unpaired) electrons. The van der Waals surface area contributed by atoms with Crippen molar-refractivity contribution < 1.29 is 0 Å². The van der Waals surface area contributed by atoms with Crippen LogP contribution < -0.4 is 5.32 Å². The highest BCUT2D eigenvalue weighted by Gasteiger charge is 2.18. The van der Waals surface area contributed by atoms with Crippen LogP contribution in [0.2, 0.25) is 0 Å². The van der Waals surface area contributed by atoms with Crippen molar-refractivity contribution in [2.24, 2.45) is 5.92 Å². The third-order valence-electron chi connectivity index (χ3n) is 3.76. The first-order valence-electron chi connectivity index (χ1n) is 6.90. The summed E-state index contributed by atoms with van der Waals surface area (Å²) in [6, 6.07) is 0.615. The molecule has 1 aliphatic carbocycles. The van der Waals surface area contributed by atoms with Gasteiger partial charge < -0.3 is 5.32 Å². The quantitative estimate of drug-likeness (QED) is 0.828. The van der Waals surface area contributed by atoms with Gasteiger partial charge in [0.05, 0.1) is 0 Å². The number of aryl methyl sites for hydroxylation is 1. The second kappa shape index (κ2) is 6.34. The largest absolute Gasteiger partial charge is 0.357 e. The first-order valence-corrected chi connectivity index (χ1v) is 7.72. The van der Waals surface area contributed by atoms with Crippen molar-refractivity contribution in [2.75, 3.05) is 5.32 Å². The lowest BCUT2D eigenvalue weighted by molar-refractivity contribution is 0.444. The molecule has 1 aromatic rings. The van der Waals surface area contributed by atoms with E-state index in [0.29, 0.717) is 6.04 Å². The average molecular weight is 253 g/mol. The molecule has 0 aromatic carbocycles. The standard InChI is InChI=1S/C13H23N3S/c1-3-10-6-5-7-11(9-8-10)14-13-16-15-12(4-2)17-13/h10-11H,3-9H2,1-2H3,(H,14,16). The van der Waals surface area contributed by atoms with Gasteiger partial charge in [0.1, 0.15) is 5.01 Å². The van der Waals surface area contributed by atoms with Crippen LogP contribution in [0.1, 0.15) is 57.4 Å². The Labute approximate surface area is 108 Å². The van der Waals surface area contributed by atoms with Crippen molar-refractivity contribution in [3.05, 3.63) is 5.01 Å². The summed E-state index contributed by atoms with van der Waals surface area (Å²) in [5.41, 5.74) is 0. The molecule has 1 aromatic heterocycles. The Kier molecular flexibility index (Phi) is 4.77. The van der Waals surface area contributed by atoms with E-state index in [9.17, 15) is 0 Å². The molecular formula is C13H23N3S. The molecule has 0 amide bonds. The molecule has 0 bridgehead atoms. The number of anilines is 1. The van der Waals surface area contributed by atoms with E-state index in [2.05, 4.69) is 29.4 Å². The van der Waals surface area contributed by atoms with E-state index >= 15 is 0 Å². The molecule has 2 rings (SSSR count). The van der Waals surface area contributed by atoms with Crippen LogP contribution in [0.5, 0.6) is 0 Å². The molecule has 0 saturated heterocycles. The first-order chi connectivity index (χ1) is 8.31. The van der Waals surface area contributed by atoms with E-state index in [1.807, 2.05) is 0 Å². The minimum atomic E-state index is 0.615. The number of hydrogen-bond acceptors (Lipinski definition) is 4. The van der Waals surface area contributed by atoms with Gasteiger partial charge in [-0.1, -0.05) is 44.4 Å². The molecule has 17 heavy (non-hydrogen) atoms. The van der Waals surface area contributed by atoms with E-state index in [0.717, 1.165) is 22.5 Å². The number of rotatable bonds is 4. The number of aromatic nitrogens is 2. The van der Waals surface area contributed by atoms with E-state index in [1.54, 1.807) is 11.3 Å². The molecule has 1 saturated carbocycles. The van der Waals surface area contributed by atoms with Crippen LogP contribution in [0.15, 0.2) is 0 Å². The molecule has 1 fully saturated rings. The molecule has 4 heteroatoms. The van der Waals surface area contributed by atoms with Gasteiger partial charge in [0, 0.05) is 6.04 Å². The molecule has 0 aliphatic heterocycles. The highest BCUT2D eigenvalue weighted by Crippen LogP contribution is 2.28. The highest BCUT2D eigenvalue weighted by atomic mass is 32.1. The first kappa shape index (κ1) is 12.8.